The number of thiophene rings is 1. The van der Waals surface area contributed by atoms with Gasteiger partial charge in [-0.1, -0.05) is 6.07 Å². The van der Waals surface area contributed by atoms with Gasteiger partial charge in [0, 0.05) is 41.8 Å². The van der Waals surface area contributed by atoms with Gasteiger partial charge in [0.1, 0.15) is 0 Å². The molecule has 0 N–H and O–H groups in total. The second-order valence-electron chi connectivity index (χ2n) is 6.23. The van der Waals surface area contributed by atoms with Gasteiger partial charge in [0.25, 0.3) is 0 Å². The molecular formula is C18H19N3O4S. The Morgan fingerprint density at radius 1 is 1.12 bits per heavy atom. The van der Waals surface area contributed by atoms with Gasteiger partial charge < -0.3 is 4.57 Å². The number of rotatable bonds is 6. The second kappa shape index (κ2) is 6.87. The molecule has 0 saturated carbocycles. The number of carbonyl (C=O) groups excluding carboxylic acids is 4. The molecule has 0 aliphatic carbocycles. The zero-order valence-corrected chi connectivity index (χ0v) is 15.6. The van der Waals surface area contributed by atoms with E-state index >= 15 is 0 Å². The van der Waals surface area contributed by atoms with Crippen molar-refractivity contribution in [2.45, 2.75) is 20.3 Å². The molecule has 3 heterocycles. The summed E-state index contributed by atoms with van der Waals surface area (Å²) in [6.45, 7) is 3.36. The van der Waals surface area contributed by atoms with Crippen LogP contribution in [0.4, 0.5) is 4.79 Å². The Morgan fingerprint density at radius 2 is 1.81 bits per heavy atom. The highest BCUT2D eigenvalue weighted by atomic mass is 32.1. The quantitative estimate of drug-likeness (QED) is 0.440. The molecule has 1 aliphatic heterocycles. The SMILES string of the molecule is Cc1cc(C(=O)CN2C(=O)C(=O)N(CCc3cccs3)C2=O)c(C)n1C. The minimum Gasteiger partial charge on any atom is -0.351 e. The summed E-state index contributed by atoms with van der Waals surface area (Å²) >= 11 is 1.52. The molecule has 26 heavy (non-hydrogen) atoms. The normalized spacial score (nSPS) is 14.7. The molecule has 0 bridgehead atoms. The minimum atomic E-state index is -0.945. The molecule has 0 spiro atoms. The highest BCUT2D eigenvalue weighted by molar-refractivity contribution is 7.09. The smallest absolute Gasteiger partial charge is 0.334 e. The molecule has 8 heteroatoms. The molecule has 3 rings (SSSR count). The van der Waals surface area contributed by atoms with E-state index in [1.807, 2.05) is 36.1 Å². The van der Waals surface area contributed by atoms with Crippen LogP contribution in [0.1, 0.15) is 26.6 Å². The lowest BCUT2D eigenvalue weighted by molar-refractivity contribution is -0.143. The van der Waals surface area contributed by atoms with E-state index in [-0.39, 0.29) is 12.3 Å². The number of amides is 4. The van der Waals surface area contributed by atoms with Crippen LogP contribution in [-0.2, 0) is 23.1 Å². The Labute approximate surface area is 154 Å². The fraction of sp³-hybridized carbons (Fsp3) is 0.333. The molecule has 4 amide bonds. The van der Waals surface area contributed by atoms with Gasteiger partial charge in [0.05, 0.1) is 6.54 Å². The van der Waals surface area contributed by atoms with Crippen LogP contribution in [0.15, 0.2) is 23.6 Å². The van der Waals surface area contributed by atoms with Crippen LogP contribution in [0, 0.1) is 13.8 Å². The van der Waals surface area contributed by atoms with Crippen LogP contribution in [0.5, 0.6) is 0 Å². The average molecular weight is 373 g/mol. The number of hydrogen-bond donors (Lipinski definition) is 0. The molecule has 7 nitrogen and oxygen atoms in total. The summed E-state index contributed by atoms with van der Waals surface area (Å²) in [5.41, 5.74) is 2.11. The largest absolute Gasteiger partial charge is 0.351 e. The van der Waals surface area contributed by atoms with Gasteiger partial charge in [-0.2, -0.15) is 0 Å². The third-order valence-electron chi connectivity index (χ3n) is 4.67. The molecular weight excluding hydrogens is 354 g/mol. The highest BCUT2D eigenvalue weighted by Crippen LogP contribution is 2.18. The van der Waals surface area contributed by atoms with Gasteiger partial charge in [0.2, 0.25) is 0 Å². The molecule has 2 aromatic rings. The summed E-state index contributed by atoms with van der Waals surface area (Å²) in [5.74, 6) is -2.18. The van der Waals surface area contributed by atoms with Crippen molar-refractivity contribution in [2.24, 2.45) is 7.05 Å². The zero-order chi connectivity index (χ0) is 19.0. The van der Waals surface area contributed by atoms with Crippen molar-refractivity contribution in [1.82, 2.24) is 14.4 Å². The second-order valence-corrected chi connectivity index (χ2v) is 7.26. The molecule has 0 atom stereocenters. The number of aryl methyl sites for hydroxylation is 1. The average Bonchev–Trinajstić information content (AvgIpc) is 3.27. The summed E-state index contributed by atoms with van der Waals surface area (Å²) in [6.07, 6.45) is 0.487. The van der Waals surface area contributed by atoms with E-state index in [1.165, 1.54) is 11.3 Å². The first-order chi connectivity index (χ1) is 12.3. The minimum absolute atomic E-state index is 0.123. The molecule has 1 aliphatic rings. The maximum atomic E-state index is 12.5. The van der Waals surface area contributed by atoms with Crippen molar-refractivity contribution in [3.05, 3.63) is 45.4 Å². The van der Waals surface area contributed by atoms with Crippen LogP contribution in [0.2, 0.25) is 0 Å². The first kappa shape index (κ1) is 18.1. The number of urea groups is 1. The van der Waals surface area contributed by atoms with E-state index in [9.17, 15) is 19.2 Å². The molecule has 136 valence electrons. The summed E-state index contributed by atoms with van der Waals surface area (Å²) in [4.78, 5) is 52.0. The highest BCUT2D eigenvalue weighted by Gasteiger charge is 2.45. The predicted octanol–water partition coefficient (Wildman–Crippen LogP) is 1.92. The summed E-state index contributed by atoms with van der Waals surface area (Å²) in [5, 5.41) is 1.91. The van der Waals surface area contributed by atoms with E-state index in [0.717, 1.165) is 26.1 Å². The number of Topliss-reactive ketones (excluding diaryl/α,β-unsaturated/α-hetero) is 1. The fourth-order valence-corrected chi connectivity index (χ4v) is 3.63. The summed E-state index contributed by atoms with van der Waals surface area (Å²) < 4.78 is 1.86. The summed E-state index contributed by atoms with van der Waals surface area (Å²) in [7, 11) is 1.84. The van der Waals surface area contributed by atoms with Crippen molar-refractivity contribution in [2.75, 3.05) is 13.1 Å². The molecule has 1 saturated heterocycles. The third kappa shape index (κ3) is 3.08. The van der Waals surface area contributed by atoms with Crippen molar-refractivity contribution in [3.63, 3.8) is 0 Å². The lowest BCUT2D eigenvalue weighted by Gasteiger charge is -2.14. The summed E-state index contributed by atoms with van der Waals surface area (Å²) in [6, 6.07) is 4.78. The van der Waals surface area contributed by atoms with E-state index in [1.54, 1.807) is 13.0 Å². The van der Waals surface area contributed by atoms with E-state index in [2.05, 4.69) is 0 Å². The van der Waals surface area contributed by atoms with Crippen molar-refractivity contribution in [1.29, 1.82) is 0 Å². The number of ketones is 1. The topological polar surface area (TPSA) is 79.7 Å². The van der Waals surface area contributed by atoms with E-state index < -0.39 is 24.4 Å². The maximum absolute atomic E-state index is 12.5. The number of aromatic nitrogens is 1. The van der Waals surface area contributed by atoms with Gasteiger partial charge in [-0.3, -0.25) is 19.3 Å². The lowest BCUT2D eigenvalue weighted by atomic mass is 10.1. The molecule has 1 fully saturated rings. The number of nitrogens with zero attached hydrogens (tertiary/aromatic N) is 3. The number of imide groups is 2. The van der Waals surface area contributed by atoms with Crippen molar-refractivity contribution >= 4 is 35.0 Å². The van der Waals surface area contributed by atoms with Crippen LogP contribution in [0.3, 0.4) is 0 Å². The molecule has 0 unspecified atom stereocenters. The van der Waals surface area contributed by atoms with Gasteiger partial charge in [-0.15, -0.1) is 11.3 Å². The number of hydrogen-bond acceptors (Lipinski definition) is 5. The van der Waals surface area contributed by atoms with Crippen molar-refractivity contribution in [3.8, 4) is 0 Å². The molecule has 2 aromatic heterocycles. The van der Waals surface area contributed by atoms with Crippen LogP contribution in [0.25, 0.3) is 0 Å². The van der Waals surface area contributed by atoms with Crippen molar-refractivity contribution < 1.29 is 19.2 Å². The Morgan fingerprint density at radius 3 is 2.38 bits per heavy atom. The Bertz CT molecular complexity index is 898. The van der Waals surface area contributed by atoms with Gasteiger partial charge in [-0.05, 0) is 31.4 Å². The van der Waals surface area contributed by atoms with E-state index in [4.69, 9.17) is 0 Å². The maximum Gasteiger partial charge on any atom is 0.334 e. The number of carbonyl (C=O) groups is 4. The Kier molecular flexibility index (Phi) is 4.78. The van der Waals surface area contributed by atoms with E-state index in [0.29, 0.717) is 12.0 Å². The standard InChI is InChI=1S/C18H19N3O4S/c1-11-9-14(12(2)19(11)3)15(22)10-21-17(24)16(23)20(18(21)25)7-6-13-5-4-8-26-13/h4-5,8-9H,6-7,10H2,1-3H3. The molecule has 0 radical (unpaired) electrons. The Balaban J connectivity index is 1.72. The lowest BCUT2D eigenvalue weighted by Crippen LogP contribution is -2.37. The van der Waals surface area contributed by atoms with Crippen LogP contribution >= 0.6 is 11.3 Å². The first-order valence-electron chi connectivity index (χ1n) is 8.17. The van der Waals surface area contributed by atoms with Crippen LogP contribution < -0.4 is 0 Å². The van der Waals surface area contributed by atoms with Gasteiger partial charge >= 0.3 is 17.8 Å². The fourth-order valence-electron chi connectivity index (χ4n) is 2.93. The zero-order valence-electron chi connectivity index (χ0n) is 14.8. The third-order valence-corrected chi connectivity index (χ3v) is 5.61. The molecule has 0 aromatic carbocycles. The van der Waals surface area contributed by atoms with Gasteiger partial charge in [0.15, 0.2) is 5.78 Å². The predicted molar refractivity (Wildman–Crippen MR) is 96.1 cm³/mol. The first-order valence-corrected chi connectivity index (χ1v) is 9.05. The van der Waals surface area contributed by atoms with Gasteiger partial charge in [-0.25, -0.2) is 9.69 Å². The monoisotopic (exact) mass is 373 g/mol. The van der Waals surface area contributed by atoms with Crippen LogP contribution in [-0.4, -0.2) is 51.1 Å². The Hall–Kier alpha value is -2.74.